The first-order valence-electron chi connectivity index (χ1n) is 5.67. The molecule has 0 heterocycles. The average Bonchev–Trinajstić information content (AvgIpc) is 2.36. The van der Waals surface area contributed by atoms with Gasteiger partial charge in [0.05, 0.1) is 5.69 Å². The number of hydrogen-bond acceptors (Lipinski definition) is 3. The second-order valence-electron chi connectivity index (χ2n) is 3.90. The molecule has 0 spiro atoms. The van der Waals surface area contributed by atoms with Crippen molar-refractivity contribution in [3.8, 4) is 0 Å². The third-order valence-electron chi connectivity index (χ3n) is 2.37. The monoisotopic (exact) mass is 284 g/mol. The van der Waals surface area contributed by atoms with Gasteiger partial charge in [-0.3, -0.25) is 4.79 Å². The lowest BCUT2D eigenvalue weighted by molar-refractivity contribution is -0.140. The lowest BCUT2D eigenvalue weighted by Gasteiger charge is -2.14. The molecule has 0 saturated heterocycles. The summed E-state index contributed by atoms with van der Waals surface area (Å²) in [6.45, 7) is 0. The van der Waals surface area contributed by atoms with Crippen molar-refractivity contribution in [1.29, 1.82) is 0 Å². The molecule has 20 heavy (non-hydrogen) atoms. The zero-order valence-electron chi connectivity index (χ0n) is 10.3. The van der Waals surface area contributed by atoms with Crippen LogP contribution in [-0.4, -0.2) is 34.2 Å². The van der Waals surface area contributed by atoms with Crippen LogP contribution in [0.4, 0.5) is 14.9 Å². The highest BCUT2D eigenvalue weighted by Crippen LogP contribution is 2.12. The quantitative estimate of drug-likeness (QED) is 0.627. The van der Waals surface area contributed by atoms with Gasteiger partial charge in [0, 0.05) is 6.42 Å². The van der Waals surface area contributed by atoms with E-state index in [2.05, 4.69) is 10.6 Å². The van der Waals surface area contributed by atoms with Crippen molar-refractivity contribution in [1.82, 2.24) is 5.32 Å². The van der Waals surface area contributed by atoms with Crippen LogP contribution in [0.1, 0.15) is 12.8 Å². The van der Waals surface area contributed by atoms with Gasteiger partial charge < -0.3 is 20.8 Å². The molecule has 7 nitrogen and oxygen atoms in total. The molecule has 0 aliphatic rings. The Balaban J connectivity index is 2.60. The minimum atomic E-state index is -1.37. The molecule has 0 bridgehead atoms. The van der Waals surface area contributed by atoms with Crippen LogP contribution >= 0.6 is 0 Å². The number of para-hydroxylation sites is 1. The van der Waals surface area contributed by atoms with Gasteiger partial charge in [0.2, 0.25) is 0 Å². The minimum absolute atomic E-state index is 0.104. The Labute approximate surface area is 113 Å². The number of anilines is 1. The van der Waals surface area contributed by atoms with E-state index < -0.39 is 36.2 Å². The second-order valence-corrected chi connectivity index (χ2v) is 3.90. The van der Waals surface area contributed by atoms with Crippen LogP contribution in [0.3, 0.4) is 0 Å². The van der Waals surface area contributed by atoms with Crippen molar-refractivity contribution >= 4 is 23.7 Å². The summed E-state index contributed by atoms with van der Waals surface area (Å²) < 4.78 is 13.3. The predicted octanol–water partition coefficient (Wildman–Crippen LogP) is 1.27. The fourth-order valence-electron chi connectivity index (χ4n) is 1.40. The van der Waals surface area contributed by atoms with Crippen LogP contribution < -0.4 is 10.6 Å². The molecule has 0 aliphatic heterocycles. The maximum atomic E-state index is 13.3. The summed E-state index contributed by atoms with van der Waals surface area (Å²) >= 11 is 0. The van der Waals surface area contributed by atoms with E-state index >= 15 is 0 Å². The molecule has 1 unspecified atom stereocenters. The molecule has 1 aromatic carbocycles. The van der Waals surface area contributed by atoms with Crippen molar-refractivity contribution in [3.05, 3.63) is 30.1 Å². The van der Waals surface area contributed by atoms with Gasteiger partial charge in [-0.2, -0.15) is 0 Å². The predicted molar refractivity (Wildman–Crippen MR) is 66.8 cm³/mol. The Morgan fingerprint density at radius 1 is 1.20 bits per heavy atom. The van der Waals surface area contributed by atoms with Crippen LogP contribution in [0.25, 0.3) is 0 Å². The summed E-state index contributed by atoms with van der Waals surface area (Å²) in [5.74, 6) is -3.21. The maximum absolute atomic E-state index is 13.3. The van der Waals surface area contributed by atoms with Crippen LogP contribution in [0.2, 0.25) is 0 Å². The lowest BCUT2D eigenvalue weighted by Crippen LogP contribution is -2.43. The van der Waals surface area contributed by atoms with E-state index in [9.17, 15) is 18.8 Å². The molecule has 0 aliphatic carbocycles. The molecule has 1 rings (SSSR count). The van der Waals surface area contributed by atoms with E-state index in [4.69, 9.17) is 10.2 Å². The average molecular weight is 284 g/mol. The Bertz CT molecular complexity index is 520. The number of aliphatic carboxylic acids is 2. The maximum Gasteiger partial charge on any atom is 0.326 e. The first-order chi connectivity index (χ1) is 9.40. The zero-order valence-corrected chi connectivity index (χ0v) is 10.3. The largest absolute Gasteiger partial charge is 0.481 e. The van der Waals surface area contributed by atoms with Crippen LogP contribution in [0.15, 0.2) is 24.3 Å². The molecule has 0 aromatic heterocycles. The van der Waals surface area contributed by atoms with Gasteiger partial charge in [-0.05, 0) is 18.6 Å². The summed E-state index contributed by atoms with van der Waals surface area (Å²) in [6.07, 6.45) is -0.674. The summed E-state index contributed by atoms with van der Waals surface area (Å²) in [5.41, 5.74) is -0.104. The van der Waals surface area contributed by atoms with Gasteiger partial charge in [0.15, 0.2) is 0 Å². The van der Waals surface area contributed by atoms with E-state index in [1.165, 1.54) is 18.2 Å². The van der Waals surface area contributed by atoms with Crippen molar-refractivity contribution in [2.45, 2.75) is 18.9 Å². The Morgan fingerprint density at radius 2 is 1.85 bits per heavy atom. The minimum Gasteiger partial charge on any atom is -0.481 e. The lowest BCUT2D eigenvalue weighted by atomic mass is 10.1. The number of nitrogens with one attached hydrogen (secondary N) is 2. The van der Waals surface area contributed by atoms with E-state index in [0.717, 1.165) is 6.07 Å². The van der Waals surface area contributed by atoms with Crippen LogP contribution in [-0.2, 0) is 9.59 Å². The van der Waals surface area contributed by atoms with E-state index in [-0.39, 0.29) is 12.1 Å². The number of benzene rings is 1. The second kappa shape index (κ2) is 7.07. The number of carboxylic acid groups (broad SMARTS) is 2. The fraction of sp³-hybridized carbons (Fsp3) is 0.250. The smallest absolute Gasteiger partial charge is 0.326 e. The summed E-state index contributed by atoms with van der Waals surface area (Å²) in [6, 6.07) is 3.09. The van der Waals surface area contributed by atoms with E-state index in [0.29, 0.717) is 0 Å². The Kier molecular flexibility index (Phi) is 5.45. The fourth-order valence-corrected chi connectivity index (χ4v) is 1.40. The van der Waals surface area contributed by atoms with Gasteiger partial charge in [0.25, 0.3) is 0 Å². The third kappa shape index (κ3) is 4.92. The highest BCUT2D eigenvalue weighted by molar-refractivity contribution is 5.92. The normalized spacial score (nSPS) is 11.4. The molecule has 0 fully saturated rings. The Hall–Kier alpha value is -2.64. The van der Waals surface area contributed by atoms with E-state index in [1.54, 1.807) is 0 Å². The van der Waals surface area contributed by atoms with Gasteiger partial charge in [0.1, 0.15) is 11.9 Å². The highest BCUT2D eigenvalue weighted by Gasteiger charge is 2.21. The van der Waals surface area contributed by atoms with Crippen LogP contribution in [0, 0.1) is 5.82 Å². The molecule has 1 aromatic rings. The standard InChI is InChI=1S/C12H13FN2O5/c13-7-3-1-2-4-8(7)14-12(20)15-9(11(18)19)5-6-10(16)17/h1-4,9H,5-6H2,(H,16,17)(H,18,19)(H2,14,15,20). The van der Waals surface area contributed by atoms with Crippen molar-refractivity contribution < 1.29 is 29.0 Å². The number of amides is 2. The first-order valence-corrected chi connectivity index (χ1v) is 5.67. The van der Waals surface area contributed by atoms with Crippen molar-refractivity contribution in [3.63, 3.8) is 0 Å². The number of carboxylic acids is 2. The number of urea groups is 1. The molecule has 108 valence electrons. The zero-order chi connectivity index (χ0) is 15.1. The molecule has 8 heteroatoms. The highest BCUT2D eigenvalue weighted by atomic mass is 19.1. The number of rotatable bonds is 6. The van der Waals surface area contributed by atoms with Crippen molar-refractivity contribution in [2.75, 3.05) is 5.32 Å². The molecule has 0 radical (unpaired) electrons. The number of carbonyl (C=O) groups excluding carboxylic acids is 1. The summed E-state index contributed by atoms with van der Waals surface area (Å²) in [4.78, 5) is 32.8. The van der Waals surface area contributed by atoms with Crippen molar-refractivity contribution in [2.24, 2.45) is 0 Å². The summed E-state index contributed by atoms with van der Waals surface area (Å²) in [7, 11) is 0. The van der Waals surface area contributed by atoms with Gasteiger partial charge in [-0.1, -0.05) is 12.1 Å². The molecule has 2 amide bonds. The number of hydrogen-bond donors (Lipinski definition) is 4. The molecular weight excluding hydrogens is 271 g/mol. The number of carbonyl (C=O) groups is 3. The van der Waals surface area contributed by atoms with E-state index in [1.807, 2.05) is 0 Å². The van der Waals surface area contributed by atoms with Gasteiger partial charge in [-0.15, -0.1) is 0 Å². The van der Waals surface area contributed by atoms with Gasteiger partial charge in [-0.25, -0.2) is 14.0 Å². The molecule has 0 saturated carbocycles. The van der Waals surface area contributed by atoms with Crippen LogP contribution in [0.5, 0.6) is 0 Å². The Morgan fingerprint density at radius 3 is 2.40 bits per heavy atom. The topological polar surface area (TPSA) is 116 Å². The summed E-state index contributed by atoms with van der Waals surface area (Å²) in [5, 5.41) is 21.5. The molecular formula is C12H13FN2O5. The third-order valence-corrected chi connectivity index (χ3v) is 2.37. The SMILES string of the molecule is O=C(O)CCC(NC(=O)Nc1ccccc1F)C(=O)O. The first kappa shape index (κ1) is 15.4. The number of halogens is 1. The molecule has 1 atom stereocenters. The molecule has 4 N–H and O–H groups in total. The van der Waals surface area contributed by atoms with Gasteiger partial charge >= 0.3 is 18.0 Å².